The molecular formula is C16H21N3OS. The molecule has 0 saturated carbocycles. The van der Waals surface area contributed by atoms with E-state index in [0.29, 0.717) is 0 Å². The van der Waals surface area contributed by atoms with Crippen LogP contribution in [0.2, 0.25) is 0 Å². The summed E-state index contributed by atoms with van der Waals surface area (Å²) in [6.45, 7) is 5.85. The van der Waals surface area contributed by atoms with Crippen molar-refractivity contribution in [3.63, 3.8) is 0 Å². The Morgan fingerprint density at radius 3 is 2.86 bits per heavy atom. The lowest BCUT2D eigenvalue weighted by atomic mass is 10.1. The molecule has 5 heteroatoms. The van der Waals surface area contributed by atoms with E-state index in [0.717, 1.165) is 42.1 Å². The van der Waals surface area contributed by atoms with Gasteiger partial charge in [-0.3, -0.25) is 4.79 Å². The molecule has 1 N–H and O–H groups in total. The third kappa shape index (κ3) is 3.23. The van der Waals surface area contributed by atoms with Gasteiger partial charge in [0.05, 0.1) is 16.3 Å². The molecule has 1 amide bonds. The predicted molar refractivity (Wildman–Crippen MR) is 86.6 cm³/mol. The molecule has 1 aliphatic heterocycles. The fourth-order valence-corrected chi connectivity index (χ4v) is 3.65. The van der Waals surface area contributed by atoms with Crippen molar-refractivity contribution in [2.24, 2.45) is 0 Å². The third-order valence-electron chi connectivity index (χ3n) is 3.92. The molecule has 2 heterocycles. The largest absolute Gasteiger partial charge is 0.342 e. The van der Waals surface area contributed by atoms with Gasteiger partial charge in [0.2, 0.25) is 5.91 Å². The zero-order valence-electron chi connectivity index (χ0n) is 12.6. The number of nitrogens with zero attached hydrogens (tertiary/aromatic N) is 2. The summed E-state index contributed by atoms with van der Waals surface area (Å²) in [6, 6.07) is 6.16. The number of fused-ring (bicyclic) bond motifs is 1. The Labute approximate surface area is 129 Å². The molecule has 0 unspecified atom stereocenters. The van der Waals surface area contributed by atoms with E-state index >= 15 is 0 Å². The molecule has 0 spiro atoms. The van der Waals surface area contributed by atoms with E-state index in [2.05, 4.69) is 29.0 Å². The lowest BCUT2D eigenvalue weighted by Gasteiger charge is -2.28. The van der Waals surface area contributed by atoms with E-state index < -0.39 is 0 Å². The fourth-order valence-electron chi connectivity index (χ4n) is 2.75. The first-order valence-electron chi connectivity index (χ1n) is 7.55. The van der Waals surface area contributed by atoms with Crippen LogP contribution in [0.4, 0.5) is 0 Å². The number of H-pyrrole nitrogens is 1. The number of imidazole rings is 1. The normalized spacial score (nSPS) is 17.1. The first kappa shape index (κ1) is 14.4. The van der Waals surface area contributed by atoms with Gasteiger partial charge in [0.25, 0.3) is 0 Å². The Bertz CT molecular complexity index is 646. The number of benzene rings is 1. The van der Waals surface area contributed by atoms with E-state index in [9.17, 15) is 4.79 Å². The quantitative estimate of drug-likeness (QED) is 0.885. The van der Waals surface area contributed by atoms with Crippen LogP contribution in [0.5, 0.6) is 0 Å². The standard InChI is InChI=1S/C16H21N3OS/c1-11-6-7-13-14(10-11)18-16(17-13)21-12(2)15(20)19-8-4-3-5-9-19/h6-7,10,12H,3-5,8-9H2,1-2H3,(H,17,18)/t12-/m1/s1. The van der Waals surface area contributed by atoms with Crippen molar-refractivity contribution in [1.29, 1.82) is 0 Å². The number of carbonyl (C=O) groups excluding carboxylic acids is 1. The molecule has 0 radical (unpaired) electrons. The third-order valence-corrected chi connectivity index (χ3v) is 4.89. The molecule has 3 rings (SSSR count). The van der Waals surface area contributed by atoms with Crippen molar-refractivity contribution in [2.75, 3.05) is 13.1 Å². The van der Waals surface area contributed by atoms with E-state index in [1.807, 2.05) is 17.9 Å². The maximum Gasteiger partial charge on any atom is 0.235 e. The number of aromatic amines is 1. The molecule has 1 saturated heterocycles. The topological polar surface area (TPSA) is 49.0 Å². The Balaban J connectivity index is 1.70. The second-order valence-electron chi connectivity index (χ2n) is 5.71. The van der Waals surface area contributed by atoms with Gasteiger partial charge < -0.3 is 9.88 Å². The molecular weight excluding hydrogens is 282 g/mol. The number of aryl methyl sites for hydroxylation is 1. The molecule has 0 bridgehead atoms. The summed E-state index contributed by atoms with van der Waals surface area (Å²) in [4.78, 5) is 22.3. The van der Waals surface area contributed by atoms with Crippen LogP contribution in [0, 0.1) is 6.92 Å². The van der Waals surface area contributed by atoms with E-state index in [-0.39, 0.29) is 11.2 Å². The monoisotopic (exact) mass is 303 g/mol. The van der Waals surface area contributed by atoms with Crippen molar-refractivity contribution in [1.82, 2.24) is 14.9 Å². The smallest absolute Gasteiger partial charge is 0.235 e. The maximum atomic E-state index is 12.4. The summed E-state index contributed by atoms with van der Waals surface area (Å²) >= 11 is 1.52. The number of thioether (sulfide) groups is 1. The molecule has 1 aromatic heterocycles. The van der Waals surface area contributed by atoms with Gasteiger partial charge in [-0.05, 0) is 50.8 Å². The van der Waals surface area contributed by atoms with Crippen LogP contribution < -0.4 is 0 Å². The van der Waals surface area contributed by atoms with Gasteiger partial charge >= 0.3 is 0 Å². The number of likely N-dealkylation sites (tertiary alicyclic amines) is 1. The van der Waals surface area contributed by atoms with Crippen LogP contribution >= 0.6 is 11.8 Å². The average molecular weight is 303 g/mol. The van der Waals surface area contributed by atoms with Crippen LogP contribution in [0.1, 0.15) is 31.7 Å². The van der Waals surface area contributed by atoms with Gasteiger partial charge in [0.15, 0.2) is 5.16 Å². The Morgan fingerprint density at radius 2 is 2.10 bits per heavy atom. The SMILES string of the molecule is Cc1ccc2nc(S[C@H](C)C(=O)N3CCCCC3)[nH]c2c1. The summed E-state index contributed by atoms with van der Waals surface area (Å²) in [5.74, 6) is 0.233. The van der Waals surface area contributed by atoms with Gasteiger partial charge in [-0.2, -0.15) is 0 Å². The molecule has 1 aliphatic rings. The van der Waals surface area contributed by atoms with Crippen molar-refractivity contribution in [3.8, 4) is 0 Å². The van der Waals surface area contributed by atoms with Gasteiger partial charge in [-0.1, -0.05) is 17.8 Å². The minimum absolute atomic E-state index is 0.0928. The van der Waals surface area contributed by atoms with Crippen LogP contribution in [0.15, 0.2) is 23.4 Å². The van der Waals surface area contributed by atoms with Crippen LogP contribution in [-0.2, 0) is 4.79 Å². The average Bonchev–Trinajstić information content (AvgIpc) is 2.88. The zero-order valence-corrected chi connectivity index (χ0v) is 13.4. The predicted octanol–water partition coefficient (Wildman–Crippen LogP) is 3.36. The second-order valence-corrected chi connectivity index (χ2v) is 7.04. The molecule has 0 aliphatic carbocycles. The number of hydrogen-bond donors (Lipinski definition) is 1. The van der Waals surface area contributed by atoms with Gasteiger partial charge in [-0.15, -0.1) is 0 Å². The number of aromatic nitrogens is 2. The van der Waals surface area contributed by atoms with Gasteiger partial charge in [-0.25, -0.2) is 4.98 Å². The Kier molecular flexibility index (Phi) is 4.19. The van der Waals surface area contributed by atoms with E-state index in [4.69, 9.17) is 0 Å². The van der Waals surface area contributed by atoms with Crippen LogP contribution in [-0.4, -0.2) is 39.1 Å². The number of carbonyl (C=O) groups is 1. The maximum absolute atomic E-state index is 12.4. The summed E-state index contributed by atoms with van der Waals surface area (Å²) in [5, 5.41) is 0.734. The van der Waals surface area contributed by atoms with Crippen LogP contribution in [0.3, 0.4) is 0 Å². The Morgan fingerprint density at radius 1 is 1.33 bits per heavy atom. The van der Waals surface area contributed by atoms with E-state index in [1.165, 1.54) is 23.7 Å². The highest BCUT2D eigenvalue weighted by Crippen LogP contribution is 2.25. The molecule has 112 valence electrons. The number of rotatable bonds is 3. The lowest BCUT2D eigenvalue weighted by molar-refractivity contribution is -0.131. The highest BCUT2D eigenvalue weighted by molar-refractivity contribution is 8.00. The number of nitrogens with one attached hydrogen (secondary N) is 1. The molecule has 4 nitrogen and oxygen atoms in total. The number of hydrogen-bond acceptors (Lipinski definition) is 3. The van der Waals surface area contributed by atoms with Crippen molar-refractivity contribution in [2.45, 2.75) is 43.5 Å². The first-order chi connectivity index (χ1) is 10.1. The minimum Gasteiger partial charge on any atom is -0.342 e. The fraction of sp³-hybridized carbons (Fsp3) is 0.500. The minimum atomic E-state index is -0.0928. The van der Waals surface area contributed by atoms with Crippen molar-refractivity contribution in [3.05, 3.63) is 23.8 Å². The summed E-state index contributed by atoms with van der Waals surface area (Å²) in [7, 11) is 0. The molecule has 1 aromatic carbocycles. The molecule has 1 atom stereocenters. The number of piperidine rings is 1. The van der Waals surface area contributed by atoms with Gasteiger partial charge in [0.1, 0.15) is 0 Å². The molecule has 2 aromatic rings. The number of amides is 1. The first-order valence-corrected chi connectivity index (χ1v) is 8.43. The molecule has 1 fully saturated rings. The second kappa shape index (κ2) is 6.10. The highest BCUT2D eigenvalue weighted by atomic mass is 32.2. The summed E-state index contributed by atoms with van der Waals surface area (Å²) in [5.41, 5.74) is 3.20. The van der Waals surface area contributed by atoms with Crippen molar-refractivity contribution >= 4 is 28.7 Å². The Hall–Kier alpha value is -1.49. The highest BCUT2D eigenvalue weighted by Gasteiger charge is 2.23. The molecule has 21 heavy (non-hydrogen) atoms. The summed E-state index contributed by atoms with van der Waals surface area (Å²) in [6.07, 6.45) is 3.51. The summed E-state index contributed by atoms with van der Waals surface area (Å²) < 4.78 is 0. The van der Waals surface area contributed by atoms with Crippen LogP contribution in [0.25, 0.3) is 11.0 Å². The van der Waals surface area contributed by atoms with Crippen molar-refractivity contribution < 1.29 is 4.79 Å². The van der Waals surface area contributed by atoms with Gasteiger partial charge in [0, 0.05) is 13.1 Å². The van der Waals surface area contributed by atoms with E-state index in [1.54, 1.807) is 0 Å². The zero-order chi connectivity index (χ0) is 14.8. The lowest BCUT2D eigenvalue weighted by Crippen LogP contribution is -2.40.